The molecular weight excluding hydrogens is 298 g/mol. The molecule has 22 heavy (non-hydrogen) atoms. The first kappa shape index (κ1) is 13.3. The van der Waals surface area contributed by atoms with E-state index in [9.17, 15) is 8.42 Å². The summed E-state index contributed by atoms with van der Waals surface area (Å²) in [5.74, 6) is 0. The Bertz CT molecular complexity index is 962. The van der Waals surface area contributed by atoms with Crippen LogP contribution in [0, 0.1) is 0 Å². The Kier molecular flexibility index (Phi) is 2.77. The number of hydrogen-bond acceptors (Lipinski definition) is 3. The summed E-state index contributed by atoms with van der Waals surface area (Å²) in [6.07, 6.45) is 6.31. The van der Waals surface area contributed by atoms with Gasteiger partial charge in [-0.2, -0.15) is 0 Å². The summed E-state index contributed by atoms with van der Waals surface area (Å²) in [6.45, 7) is 0.821. The van der Waals surface area contributed by atoms with Crippen molar-refractivity contribution in [2.45, 2.75) is 17.9 Å². The molecule has 5 nitrogen and oxygen atoms in total. The Balaban J connectivity index is 1.85. The molecule has 4 rings (SSSR count). The van der Waals surface area contributed by atoms with Crippen molar-refractivity contribution in [3.05, 3.63) is 54.6 Å². The van der Waals surface area contributed by atoms with Crippen molar-refractivity contribution in [3.63, 3.8) is 0 Å². The van der Waals surface area contributed by atoms with E-state index < -0.39 is 10.0 Å². The average Bonchev–Trinajstić information content (AvgIpc) is 3.10. The Hall–Kier alpha value is -2.34. The molecule has 0 spiro atoms. The molecule has 0 unspecified atom stereocenters. The van der Waals surface area contributed by atoms with Crippen LogP contribution < -0.4 is 4.31 Å². The van der Waals surface area contributed by atoms with Crippen molar-refractivity contribution >= 4 is 26.5 Å². The van der Waals surface area contributed by atoms with E-state index in [1.165, 1.54) is 4.31 Å². The fourth-order valence-electron chi connectivity index (χ4n) is 3.06. The highest BCUT2D eigenvalue weighted by atomic mass is 32.2. The van der Waals surface area contributed by atoms with Crippen LogP contribution in [0.4, 0.5) is 5.69 Å². The zero-order valence-electron chi connectivity index (χ0n) is 12.1. The van der Waals surface area contributed by atoms with Gasteiger partial charge in [-0.15, -0.1) is 0 Å². The van der Waals surface area contributed by atoms with Crippen molar-refractivity contribution < 1.29 is 8.42 Å². The van der Waals surface area contributed by atoms with Crippen LogP contribution in [-0.2, 0) is 23.0 Å². The van der Waals surface area contributed by atoms with Gasteiger partial charge in [-0.1, -0.05) is 18.2 Å². The summed E-state index contributed by atoms with van der Waals surface area (Å²) in [4.78, 5) is 4.45. The molecule has 1 aliphatic heterocycles. The summed E-state index contributed by atoms with van der Waals surface area (Å²) in [6, 6.07) is 9.43. The van der Waals surface area contributed by atoms with E-state index in [2.05, 4.69) is 4.98 Å². The standard InChI is InChI=1S/C16H15N3O2S/c1-18-14-4-2-3-13-12(7-9-19-10-8-17-11-19)5-6-15(16(13)14)22(18,20)21/h2-6,8,10-11H,7,9H2,1H3. The molecule has 0 fully saturated rings. The summed E-state index contributed by atoms with van der Waals surface area (Å²) >= 11 is 0. The van der Waals surface area contributed by atoms with E-state index in [1.807, 2.05) is 35.0 Å². The maximum absolute atomic E-state index is 12.4. The average molecular weight is 313 g/mol. The van der Waals surface area contributed by atoms with Gasteiger partial charge in [-0.05, 0) is 29.5 Å². The zero-order chi connectivity index (χ0) is 15.3. The molecule has 0 amide bonds. The molecule has 0 N–H and O–H groups in total. The zero-order valence-corrected chi connectivity index (χ0v) is 12.9. The molecular formula is C16H15N3O2S. The fourth-order valence-corrected chi connectivity index (χ4v) is 4.48. The molecule has 3 aromatic rings. The van der Waals surface area contributed by atoms with Crippen LogP contribution in [0.2, 0.25) is 0 Å². The fraction of sp³-hybridized carbons (Fsp3) is 0.188. The van der Waals surface area contributed by atoms with Crippen LogP contribution in [-0.4, -0.2) is 25.0 Å². The van der Waals surface area contributed by atoms with E-state index >= 15 is 0 Å². The van der Waals surface area contributed by atoms with Crippen LogP contribution in [0.15, 0.2) is 53.9 Å². The number of rotatable bonds is 3. The van der Waals surface area contributed by atoms with Gasteiger partial charge in [0.1, 0.15) is 0 Å². The predicted octanol–water partition coefficient (Wildman–Crippen LogP) is 2.42. The maximum atomic E-state index is 12.4. The number of aryl methyl sites for hydroxylation is 2. The normalized spacial score (nSPS) is 15.6. The van der Waals surface area contributed by atoms with Gasteiger partial charge >= 0.3 is 0 Å². The molecule has 1 aromatic heterocycles. The molecule has 112 valence electrons. The molecule has 0 saturated heterocycles. The van der Waals surface area contributed by atoms with Gasteiger partial charge < -0.3 is 4.57 Å². The molecule has 0 saturated carbocycles. The van der Waals surface area contributed by atoms with Crippen molar-refractivity contribution in [2.75, 3.05) is 11.4 Å². The molecule has 6 heteroatoms. The van der Waals surface area contributed by atoms with E-state index in [0.717, 1.165) is 35.0 Å². The second kappa shape index (κ2) is 4.58. The summed E-state index contributed by atoms with van der Waals surface area (Å²) in [5, 5.41) is 1.86. The third kappa shape index (κ3) is 1.77. The lowest BCUT2D eigenvalue weighted by Gasteiger charge is -2.11. The molecule has 2 heterocycles. The molecule has 0 bridgehead atoms. The highest BCUT2D eigenvalue weighted by molar-refractivity contribution is 7.93. The van der Waals surface area contributed by atoms with Gasteiger partial charge in [0, 0.05) is 31.4 Å². The first-order valence-electron chi connectivity index (χ1n) is 7.08. The summed E-state index contributed by atoms with van der Waals surface area (Å²) in [7, 11) is -1.79. The van der Waals surface area contributed by atoms with Gasteiger partial charge in [-0.25, -0.2) is 13.4 Å². The molecule has 0 radical (unpaired) electrons. The Labute approximate surface area is 128 Å². The van der Waals surface area contributed by atoms with Gasteiger partial charge in [0.05, 0.1) is 16.9 Å². The topological polar surface area (TPSA) is 55.2 Å². The molecule has 0 aliphatic carbocycles. The quantitative estimate of drug-likeness (QED) is 0.746. The smallest absolute Gasteiger partial charge is 0.264 e. The molecule has 0 atom stereocenters. The number of anilines is 1. The number of aromatic nitrogens is 2. The summed E-state index contributed by atoms with van der Waals surface area (Å²) in [5.41, 5.74) is 1.91. The minimum atomic E-state index is -3.39. The highest BCUT2D eigenvalue weighted by Crippen LogP contribution is 2.42. The van der Waals surface area contributed by atoms with Crippen molar-refractivity contribution in [1.29, 1.82) is 0 Å². The lowest BCUT2D eigenvalue weighted by Crippen LogP contribution is -2.21. The first-order valence-corrected chi connectivity index (χ1v) is 8.52. The van der Waals surface area contributed by atoms with Gasteiger partial charge in [0.2, 0.25) is 0 Å². The number of benzene rings is 2. The molecule has 2 aromatic carbocycles. The minimum Gasteiger partial charge on any atom is -0.337 e. The van der Waals surface area contributed by atoms with Crippen LogP contribution in [0.5, 0.6) is 0 Å². The van der Waals surface area contributed by atoms with Crippen molar-refractivity contribution in [2.24, 2.45) is 0 Å². The van der Waals surface area contributed by atoms with Gasteiger partial charge in [0.15, 0.2) is 0 Å². The monoisotopic (exact) mass is 313 g/mol. The van der Waals surface area contributed by atoms with Gasteiger partial charge in [0.25, 0.3) is 10.0 Å². The Morgan fingerprint density at radius 1 is 1.18 bits per heavy atom. The van der Waals surface area contributed by atoms with E-state index in [-0.39, 0.29) is 0 Å². The third-order valence-electron chi connectivity index (χ3n) is 4.25. The minimum absolute atomic E-state index is 0.409. The first-order chi connectivity index (χ1) is 10.6. The van der Waals surface area contributed by atoms with E-state index in [4.69, 9.17) is 0 Å². The maximum Gasteiger partial charge on any atom is 0.264 e. The van der Waals surface area contributed by atoms with E-state index in [1.54, 1.807) is 25.6 Å². The lowest BCUT2D eigenvalue weighted by molar-refractivity contribution is 0.597. The second-order valence-electron chi connectivity index (χ2n) is 5.45. The predicted molar refractivity (Wildman–Crippen MR) is 85.5 cm³/mol. The number of imidazole rings is 1. The highest BCUT2D eigenvalue weighted by Gasteiger charge is 2.33. The van der Waals surface area contributed by atoms with Crippen molar-refractivity contribution in [3.8, 4) is 0 Å². The number of hydrogen-bond donors (Lipinski definition) is 0. The lowest BCUT2D eigenvalue weighted by atomic mass is 10.0. The van der Waals surface area contributed by atoms with Crippen molar-refractivity contribution in [1.82, 2.24) is 9.55 Å². The number of sulfonamides is 1. The van der Waals surface area contributed by atoms with Crippen LogP contribution in [0.1, 0.15) is 5.56 Å². The molecule has 1 aliphatic rings. The largest absolute Gasteiger partial charge is 0.337 e. The van der Waals surface area contributed by atoms with E-state index in [0.29, 0.717) is 4.90 Å². The summed E-state index contributed by atoms with van der Waals surface area (Å²) < 4.78 is 28.3. The van der Waals surface area contributed by atoms with Crippen LogP contribution in [0.3, 0.4) is 0 Å². The van der Waals surface area contributed by atoms with Crippen LogP contribution in [0.25, 0.3) is 10.8 Å². The Morgan fingerprint density at radius 3 is 2.82 bits per heavy atom. The van der Waals surface area contributed by atoms with Crippen LogP contribution >= 0.6 is 0 Å². The number of nitrogens with zero attached hydrogens (tertiary/aromatic N) is 3. The Morgan fingerprint density at radius 2 is 2.05 bits per heavy atom. The second-order valence-corrected chi connectivity index (χ2v) is 7.38. The third-order valence-corrected chi connectivity index (χ3v) is 6.06. The SMILES string of the molecule is CN1c2cccc3c(CCn4ccnc4)ccc(c23)S1(=O)=O. The van der Waals surface area contributed by atoms with Gasteiger partial charge in [-0.3, -0.25) is 4.31 Å².